The number of fused-ring (bicyclic) bond motifs is 1. The van der Waals surface area contributed by atoms with E-state index in [4.69, 9.17) is 4.99 Å². The molecule has 5 rings (SSSR count). The normalized spacial score (nSPS) is 28.1. The van der Waals surface area contributed by atoms with E-state index >= 15 is 0 Å². The minimum atomic E-state index is -0.273. The summed E-state index contributed by atoms with van der Waals surface area (Å²) < 4.78 is 14.7. The summed E-state index contributed by atoms with van der Waals surface area (Å²) in [6.07, 6.45) is 7.49. The summed E-state index contributed by atoms with van der Waals surface area (Å²) in [5.74, 6) is 1.40. The summed E-state index contributed by atoms with van der Waals surface area (Å²) >= 11 is 0. The standard InChI is InChI=1S/C29H33FN2/c1-6-21-15-25(30)28-26(16-21)32-29(20(5)31-28)23-10-11-24(29)14-22(13-23)12-19(4)27-17(2)8-7-9-18(27)3/h6-9,15-16,22-24,32H,1,4,10-14H2,2-3,5H3. The summed E-state index contributed by atoms with van der Waals surface area (Å²) in [6, 6.07) is 10.0. The van der Waals surface area contributed by atoms with Gasteiger partial charge in [0.25, 0.3) is 0 Å². The van der Waals surface area contributed by atoms with Crippen LogP contribution in [0.1, 0.15) is 61.3 Å². The van der Waals surface area contributed by atoms with Crippen molar-refractivity contribution in [2.45, 2.75) is 58.4 Å². The Balaban J connectivity index is 1.41. The molecule has 2 unspecified atom stereocenters. The van der Waals surface area contributed by atoms with Crippen LogP contribution in [0.5, 0.6) is 0 Å². The summed E-state index contributed by atoms with van der Waals surface area (Å²) in [4.78, 5) is 4.82. The Kier molecular flexibility index (Phi) is 5.11. The molecule has 2 bridgehead atoms. The van der Waals surface area contributed by atoms with Crippen molar-refractivity contribution in [1.29, 1.82) is 0 Å². The van der Waals surface area contributed by atoms with Gasteiger partial charge in [0.2, 0.25) is 0 Å². The topological polar surface area (TPSA) is 24.4 Å². The summed E-state index contributed by atoms with van der Waals surface area (Å²) in [6.45, 7) is 14.8. The van der Waals surface area contributed by atoms with E-state index in [1.807, 2.05) is 6.07 Å². The van der Waals surface area contributed by atoms with Gasteiger partial charge in [-0.2, -0.15) is 0 Å². The molecule has 0 saturated heterocycles. The van der Waals surface area contributed by atoms with Gasteiger partial charge in [-0.3, -0.25) is 4.99 Å². The van der Waals surface area contributed by atoms with Crippen molar-refractivity contribution in [3.05, 3.63) is 71.6 Å². The summed E-state index contributed by atoms with van der Waals surface area (Å²) in [7, 11) is 0. The number of aryl methyl sites for hydroxylation is 2. The first kappa shape index (κ1) is 21.2. The molecule has 32 heavy (non-hydrogen) atoms. The van der Waals surface area contributed by atoms with E-state index in [1.165, 1.54) is 54.0 Å². The largest absolute Gasteiger partial charge is 0.372 e. The SMILES string of the molecule is C=Cc1cc(F)c2c(c1)NC1(C(C)=N2)C2CCC1CC(CC(=C)c1c(C)cccc1C)C2. The lowest BCUT2D eigenvalue weighted by Crippen LogP contribution is -2.57. The molecule has 0 amide bonds. The van der Waals surface area contributed by atoms with Crippen LogP contribution in [0.25, 0.3) is 11.6 Å². The fourth-order valence-electron chi connectivity index (χ4n) is 7.00. The van der Waals surface area contributed by atoms with Gasteiger partial charge in [-0.1, -0.05) is 37.4 Å². The number of hydrogen-bond acceptors (Lipinski definition) is 2. The monoisotopic (exact) mass is 428 g/mol. The van der Waals surface area contributed by atoms with Gasteiger partial charge in [0.15, 0.2) is 5.82 Å². The fourth-order valence-corrected chi connectivity index (χ4v) is 7.00. The number of anilines is 1. The Labute approximate surface area is 191 Å². The van der Waals surface area contributed by atoms with Gasteiger partial charge >= 0.3 is 0 Å². The number of aliphatic imine (C=N–C) groups is 1. The quantitative estimate of drug-likeness (QED) is 0.526. The van der Waals surface area contributed by atoms with Gasteiger partial charge in [0, 0.05) is 5.71 Å². The molecule has 2 saturated carbocycles. The maximum Gasteiger partial charge on any atom is 0.151 e. The van der Waals surface area contributed by atoms with E-state index in [1.54, 1.807) is 6.08 Å². The molecule has 1 heterocycles. The van der Waals surface area contributed by atoms with Gasteiger partial charge in [-0.25, -0.2) is 4.39 Å². The lowest BCUT2D eigenvalue weighted by atomic mass is 9.63. The predicted octanol–water partition coefficient (Wildman–Crippen LogP) is 7.88. The summed E-state index contributed by atoms with van der Waals surface area (Å²) in [5.41, 5.74) is 8.22. The zero-order chi connectivity index (χ0) is 22.6. The molecule has 1 N–H and O–H groups in total. The van der Waals surface area contributed by atoms with E-state index in [0.717, 1.165) is 23.4 Å². The number of rotatable bonds is 4. The maximum absolute atomic E-state index is 14.7. The van der Waals surface area contributed by atoms with Crippen molar-refractivity contribution in [2.75, 3.05) is 5.32 Å². The first-order valence-corrected chi connectivity index (χ1v) is 11.9. The summed E-state index contributed by atoms with van der Waals surface area (Å²) in [5, 5.41) is 3.82. The van der Waals surface area contributed by atoms with Crippen LogP contribution < -0.4 is 5.32 Å². The molecule has 1 spiro atoms. The van der Waals surface area contributed by atoms with Crippen LogP contribution in [0.4, 0.5) is 15.8 Å². The molecule has 166 valence electrons. The lowest BCUT2D eigenvalue weighted by Gasteiger charge is -2.49. The van der Waals surface area contributed by atoms with Crippen LogP contribution >= 0.6 is 0 Å². The Morgan fingerprint density at radius 3 is 2.44 bits per heavy atom. The molecular weight excluding hydrogens is 395 g/mol. The number of halogens is 1. The smallest absolute Gasteiger partial charge is 0.151 e. The molecule has 3 aliphatic rings. The fraction of sp³-hybridized carbons (Fsp3) is 0.414. The zero-order valence-electron chi connectivity index (χ0n) is 19.5. The average Bonchev–Trinajstić information content (AvgIpc) is 2.92. The second-order valence-corrected chi connectivity index (χ2v) is 10.2. The van der Waals surface area contributed by atoms with Crippen molar-refractivity contribution in [1.82, 2.24) is 0 Å². The molecule has 2 aliphatic carbocycles. The first-order valence-electron chi connectivity index (χ1n) is 11.9. The number of allylic oxidation sites excluding steroid dienone is 1. The average molecular weight is 429 g/mol. The highest BCUT2D eigenvalue weighted by Gasteiger charge is 2.57. The van der Waals surface area contributed by atoms with Gasteiger partial charge in [0.05, 0.1) is 11.2 Å². The predicted molar refractivity (Wildman–Crippen MR) is 134 cm³/mol. The number of nitrogens with one attached hydrogen (secondary N) is 1. The Hall–Kier alpha value is -2.68. The van der Waals surface area contributed by atoms with Crippen LogP contribution in [-0.2, 0) is 0 Å². The Morgan fingerprint density at radius 2 is 1.81 bits per heavy atom. The maximum atomic E-state index is 14.7. The van der Waals surface area contributed by atoms with E-state index in [-0.39, 0.29) is 11.4 Å². The van der Waals surface area contributed by atoms with E-state index in [0.29, 0.717) is 23.4 Å². The van der Waals surface area contributed by atoms with Crippen molar-refractivity contribution in [3.63, 3.8) is 0 Å². The van der Waals surface area contributed by atoms with Crippen molar-refractivity contribution in [2.24, 2.45) is 22.7 Å². The van der Waals surface area contributed by atoms with Gasteiger partial charge in [-0.05, 0) is 111 Å². The van der Waals surface area contributed by atoms with E-state index < -0.39 is 0 Å². The molecule has 2 aromatic carbocycles. The molecular formula is C29H33FN2. The van der Waals surface area contributed by atoms with Gasteiger partial charge < -0.3 is 5.32 Å². The molecule has 3 heteroatoms. The highest BCUT2D eigenvalue weighted by atomic mass is 19.1. The zero-order valence-corrected chi connectivity index (χ0v) is 19.5. The van der Waals surface area contributed by atoms with Crippen LogP contribution in [0.15, 0.2) is 48.5 Å². The van der Waals surface area contributed by atoms with Gasteiger partial charge in [-0.15, -0.1) is 0 Å². The van der Waals surface area contributed by atoms with E-state index in [2.05, 4.69) is 57.4 Å². The third-order valence-corrected chi connectivity index (χ3v) is 8.30. The number of benzene rings is 2. The third-order valence-electron chi connectivity index (χ3n) is 8.30. The molecule has 2 fully saturated rings. The second-order valence-electron chi connectivity index (χ2n) is 10.2. The van der Waals surface area contributed by atoms with E-state index in [9.17, 15) is 4.39 Å². The van der Waals surface area contributed by atoms with Crippen molar-refractivity contribution < 1.29 is 4.39 Å². The molecule has 1 aliphatic heterocycles. The van der Waals surface area contributed by atoms with Crippen LogP contribution in [0.3, 0.4) is 0 Å². The lowest BCUT2D eigenvalue weighted by molar-refractivity contribution is 0.202. The number of hydrogen-bond donors (Lipinski definition) is 1. The second kappa shape index (κ2) is 7.72. The molecule has 0 radical (unpaired) electrons. The molecule has 2 atom stereocenters. The first-order chi connectivity index (χ1) is 15.3. The van der Waals surface area contributed by atoms with Crippen LogP contribution in [0, 0.1) is 37.4 Å². The Morgan fingerprint density at radius 1 is 1.16 bits per heavy atom. The molecule has 2 nitrogen and oxygen atoms in total. The number of nitrogens with zero attached hydrogens (tertiary/aromatic N) is 1. The highest BCUT2D eigenvalue weighted by molar-refractivity contribution is 6.01. The van der Waals surface area contributed by atoms with Crippen molar-refractivity contribution in [3.8, 4) is 0 Å². The highest BCUT2D eigenvalue weighted by Crippen LogP contribution is 2.57. The Bertz CT molecular complexity index is 1110. The molecule has 0 aromatic heterocycles. The van der Waals surface area contributed by atoms with Gasteiger partial charge in [0.1, 0.15) is 5.69 Å². The minimum absolute atomic E-state index is 0.143. The van der Waals surface area contributed by atoms with Crippen LogP contribution in [0.2, 0.25) is 0 Å². The third kappa shape index (κ3) is 3.17. The molecule has 2 aromatic rings. The van der Waals surface area contributed by atoms with Crippen molar-refractivity contribution >= 4 is 28.7 Å². The minimum Gasteiger partial charge on any atom is -0.372 e. The van der Waals surface area contributed by atoms with Crippen LogP contribution in [-0.4, -0.2) is 11.3 Å².